The van der Waals surface area contributed by atoms with Crippen molar-refractivity contribution >= 4 is 11.9 Å². The molecule has 0 aliphatic rings. The molecular formula is C13H17NO4. The highest BCUT2D eigenvalue weighted by atomic mass is 16.5. The number of methoxy groups -OCH3 is 1. The van der Waals surface area contributed by atoms with Crippen LogP contribution in [0.25, 0.3) is 0 Å². The average Bonchev–Trinajstić information content (AvgIpc) is 2.34. The van der Waals surface area contributed by atoms with Crippen molar-refractivity contribution in [1.82, 2.24) is 5.32 Å². The number of ether oxygens (including phenoxy) is 2. The van der Waals surface area contributed by atoms with E-state index in [9.17, 15) is 9.59 Å². The Kier molecular flexibility index (Phi) is 5.17. The maximum absolute atomic E-state index is 11.4. The minimum Gasteiger partial charge on any atom is -0.491 e. The van der Waals surface area contributed by atoms with Gasteiger partial charge in [0.25, 0.3) is 0 Å². The molecular weight excluding hydrogens is 234 g/mol. The van der Waals surface area contributed by atoms with Gasteiger partial charge in [-0.05, 0) is 18.6 Å². The van der Waals surface area contributed by atoms with Crippen LogP contribution in [0.1, 0.15) is 12.5 Å². The van der Waals surface area contributed by atoms with Crippen molar-refractivity contribution in [3.63, 3.8) is 0 Å². The highest BCUT2D eigenvalue weighted by molar-refractivity contribution is 5.83. The molecule has 98 valence electrons. The Bertz CT molecular complexity index is 431. The molecule has 0 radical (unpaired) electrons. The first kappa shape index (κ1) is 14.0. The zero-order valence-electron chi connectivity index (χ0n) is 10.7. The molecule has 0 aliphatic carbocycles. The van der Waals surface area contributed by atoms with E-state index >= 15 is 0 Å². The fourth-order valence-corrected chi connectivity index (χ4v) is 1.45. The maximum atomic E-state index is 11.4. The quantitative estimate of drug-likeness (QED) is 0.794. The minimum absolute atomic E-state index is 0.0388. The summed E-state index contributed by atoms with van der Waals surface area (Å²) in [5, 5.41) is 2.48. The molecule has 1 N–H and O–H groups in total. The fraction of sp³-hybridized carbons (Fsp3) is 0.385. The highest BCUT2D eigenvalue weighted by Gasteiger charge is 2.21. The van der Waals surface area contributed by atoms with Gasteiger partial charge in [0.15, 0.2) is 6.04 Å². The summed E-state index contributed by atoms with van der Waals surface area (Å²) >= 11 is 0. The van der Waals surface area contributed by atoms with Crippen molar-refractivity contribution in [3.05, 3.63) is 29.8 Å². The number of hydrogen-bond acceptors (Lipinski definition) is 4. The predicted octanol–water partition coefficient (Wildman–Crippen LogP) is 1.05. The third-order valence-electron chi connectivity index (χ3n) is 2.36. The number of carbonyl (C=O) groups excluding carboxylic acids is 2. The lowest BCUT2D eigenvalue weighted by atomic mass is 10.2. The van der Waals surface area contributed by atoms with Crippen molar-refractivity contribution < 1.29 is 19.1 Å². The van der Waals surface area contributed by atoms with E-state index in [-0.39, 0.29) is 12.5 Å². The van der Waals surface area contributed by atoms with Crippen LogP contribution in [0.5, 0.6) is 5.75 Å². The summed E-state index contributed by atoms with van der Waals surface area (Å²) in [4.78, 5) is 22.4. The zero-order chi connectivity index (χ0) is 13.5. The van der Waals surface area contributed by atoms with E-state index in [2.05, 4.69) is 10.1 Å². The van der Waals surface area contributed by atoms with E-state index in [1.807, 2.05) is 25.1 Å². The Morgan fingerprint density at radius 2 is 2.00 bits per heavy atom. The second-order valence-electron chi connectivity index (χ2n) is 3.85. The molecule has 0 heterocycles. The Balaban J connectivity index is 2.64. The molecule has 0 bridgehead atoms. The largest absolute Gasteiger partial charge is 0.491 e. The lowest BCUT2D eigenvalue weighted by Crippen LogP contribution is -2.44. The standard InChI is InChI=1S/C13H17NO4/c1-9-6-4-5-7-12(9)18-8-11(13(16)17-3)14-10(2)15/h4-7,11H,8H2,1-3H3,(H,14,15)/t11-/m0/s1. The van der Waals surface area contributed by atoms with Crippen LogP contribution in [0, 0.1) is 6.92 Å². The first-order valence-corrected chi connectivity index (χ1v) is 5.58. The van der Waals surface area contributed by atoms with Crippen LogP contribution in [-0.2, 0) is 14.3 Å². The van der Waals surface area contributed by atoms with Gasteiger partial charge in [-0.1, -0.05) is 18.2 Å². The Hall–Kier alpha value is -2.04. The number of nitrogens with one attached hydrogen (secondary N) is 1. The summed E-state index contributed by atoms with van der Waals surface area (Å²) in [7, 11) is 1.27. The molecule has 0 spiro atoms. The summed E-state index contributed by atoms with van der Waals surface area (Å²) in [6.45, 7) is 3.28. The normalized spacial score (nSPS) is 11.5. The molecule has 18 heavy (non-hydrogen) atoms. The lowest BCUT2D eigenvalue weighted by Gasteiger charge is -2.17. The second-order valence-corrected chi connectivity index (χ2v) is 3.85. The summed E-state index contributed by atoms with van der Waals surface area (Å²) in [5.41, 5.74) is 0.962. The van der Waals surface area contributed by atoms with Crippen molar-refractivity contribution in [2.75, 3.05) is 13.7 Å². The van der Waals surface area contributed by atoms with Gasteiger partial charge in [0, 0.05) is 6.92 Å². The van der Waals surface area contributed by atoms with Gasteiger partial charge in [-0.3, -0.25) is 4.79 Å². The number of esters is 1. The van der Waals surface area contributed by atoms with E-state index < -0.39 is 12.0 Å². The van der Waals surface area contributed by atoms with E-state index in [4.69, 9.17) is 4.74 Å². The number of rotatable bonds is 5. The van der Waals surface area contributed by atoms with Crippen LogP contribution >= 0.6 is 0 Å². The minimum atomic E-state index is -0.799. The molecule has 0 saturated heterocycles. The summed E-state index contributed by atoms with van der Waals surface area (Å²) < 4.78 is 10.1. The monoisotopic (exact) mass is 251 g/mol. The van der Waals surface area contributed by atoms with Crippen LogP contribution < -0.4 is 10.1 Å². The molecule has 0 unspecified atom stereocenters. The molecule has 0 aromatic heterocycles. The number of aryl methyl sites for hydroxylation is 1. The summed E-state index contributed by atoms with van der Waals surface area (Å²) in [6, 6.07) is 6.65. The number of hydrogen-bond donors (Lipinski definition) is 1. The van der Waals surface area contributed by atoms with Gasteiger partial charge in [0.05, 0.1) is 7.11 Å². The summed E-state index contributed by atoms with van der Waals surface area (Å²) in [6.07, 6.45) is 0. The fourth-order valence-electron chi connectivity index (χ4n) is 1.45. The van der Waals surface area contributed by atoms with E-state index in [0.29, 0.717) is 5.75 Å². The smallest absolute Gasteiger partial charge is 0.331 e. The second kappa shape index (κ2) is 6.64. The third kappa shape index (κ3) is 4.08. The van der Waals surface area contributed by atoms with Gasteiger partial charge in [-0.2, -0.15) is 0 Å². The Labute approximate surface area is 106 Å². The molecule has 0 fully saturated rings. The van der Waals surface area contributed by atoms with Crippen LogP contribution in [0.2, 0.25) is 0 Å². The van der Waals surface area contributed by atoms with Gasteiger partial charge in [-0.25, -0.2) is 4.79 Å². The molecule has 1 aromatic rings. The topological polar surface area (TPSA) is 64.6 Å². The molecule has 0 saturated carbocycles. The number of para-hydroxylation sites is 1. The number of carbonyl (C=O) groups is 2. The zero-order valence-corrected chi connectivity index (χ0v) is 10.7. The molecule has 1 amide bonds. The van der Waals surface area contributed by atoms with Gasteiger partial charge >= 0.3 is 5.97 Å². The van der Waals surface area contributed by atoms with Crippen molar-refractivity contribution in [2.24, 2.45) is 0 Å². The van der Waals surface area contributed by atoms with Crippen molar-refractivity contribution in [1.29, 1.82) is 0 Å². The van der Waals surface area contributed by atoms with Gasteiger partial charge in [-0.15, -0.1) is 0 Å². The predicted molar refractivity (Wildman–Crippen MR) is 66.3 cm³/mol. The van der Waals surface area contributed by atoms with Crippen molar-refractivity contribution in [3.8, 4) is 5.75 Å². The first-order chi connectivity index (χ1) is 8.54. The van der Waals surface area contributed by atoms with Crippen LogP contribution in [0.4, 0.5) is 0 Å². The SMILES string of the molecule is COC(=O)[C@H](COc1ccccc1C)NC(C)=O. The molecule has 1 atom stereocenters. The van der Waals surface area contributed by atoms with Crippen LogP contribution in [-0.4, -0.2) is 31.6 Å². The Morgan fingerprint density at radius 1 is 1.33 bits per heavy atom. The third-order valence-corrected chi connectivity index (χ3v) is 2.36. The summed E-state index contributed by atoms with van der Waals surface area (Å²) in [5.74, 6) is -0.158. The Morgan fingerprint density at radius 3 is 2.56 bits per heavy atom. The number of benzene rings is 1. The van der Waals surface area contributed by atoms with Gasteiger partial charge in [0.1, 0.15) is 12.4 Å². The lowest BCUT2D eigenvalue weighted by molar-refractivity contribution is -0.145. The van der Waals surface area contributed by atoms with Crippen molar-refractivity contribution in [2.45, 2.75) is 19.9 Å². The van der Waals surface area contributed by atoms with Gasteiger partial charge in [0.2, 0.25) is 5.91 Å². The highest BCUT2D eigenvalue weighted by Crippen LogP contribution is 2.16. The first-order valence-electron chi connectivity index (χ1n) is 5.58. The van der Waals surface area contributed by atoms with E-state index in [0.717, 1.165) is 5.56 Å². The average molecular weight is 251 g/mol. The van der Waals surface area contributed by atoms with Crippen LogP contribution in [0.3, 0.4) is 0 Å². The van der Waals surface area contributed by atoms with Crippen LogP contribution in [0.15, 0.2) is 24.3 Å². The molecule has 1 aromatic carbocycles. The van der Waals surface area contributed by atoms with Gasteiger partial charge < -0.3 is 14.8 Å². The molecule has 5 nitrogen and oxygen atoms in total. The van der Waals surface area contributed by atoms with E-state index in [1.165, 1.54) is 14.0 Å². The molecule has 1 rings (SSSR count). The number of amides is 1. The maximum Gasteiger partial charge on any atom is 0.331 e. The van der Waals surface area contributed by atoms with E-state index in [1.54, 1.807) is 6.07 Å². The molecule has 0 aliphatic heterocycles. The molecule has 5 heteroatoms.